The number of benzene rings is 1. The first-order valence-corrected chi connectivity index (χ1v) is 11.1. The molecule has 4 rings (SSSR count). The second-order valence-corrected chi connectivity index (χ2v) is 9.27. The molecule has 32 heavy (non-hydrogen) atoms. The molecule has 0 bridgehead atoms. The molecule has 1 saturated heterocycles. The Labute approximate surface area is 184 Å². The van der Waals surface area contributed by atoms with Crippen LogP contribution >= 0.6 is 19.4 Å². The van der Waals surface area contributed by atoms with E-state index in [1.807, 2.05) is 0 Å². The third-order valence-corrected chi connectivity index (χ3v) is 6.85. The second-order valence-electron chi connectivity index (χ2n) is 7.27. The van der Waals surface area contributed by atoms with E-state index < -0.39 is 63.0 Å². The summed E-state index contributed by atoms with van der Waals surface area (Å²) in [6.45, 7) is -1.39. The SMILES string of the molecule is O=C1CC(=O)N([C@@H]2O[C@@](COP3(=O)OCc4ccccc4O3)(C(F)F)[C@@H](O)[C@@H]2O)C=C1Cl. The van der Waals surface area contributed by atoms with E-state index in [2.05, 4.69) is 0 Å². The zero-order valence-corrected chi connectivity index (χ0v) is 17.7. The average molecular weight is 496 g/mol. The number of halogens is 3. The number of ketones is 1. The summed E-state index contributed by atoms with van der Waals surface area (Å²) in [5.74, 6) is -1.42. The van der Waals surface area contributed by atoms with Gasteiger partial charge in [-0.3, -0.25) is 23.5 Å². The van der Waals surface area contributed by atoms with Crippen molar-refractivity contribution in [2.45, 2.75) is 43.5 Å². The van der Waals surface area contributed by atoms with Crippen LogP contribution in [-0.2, 0) is 34.5 Å². The maximum absolute atomic E-state index is 14.1. The van der Waals surface area contributed by atoms with E-state index in [-0.39, 0.29) is 17.4 Å². The van der Waals surface area contributed by atoms with Crippen LogP contribution in [0.1, 0.15) is 12.0 Å². The molecule has 1 aromatic carbocycles. The lowest BCUT2D eigenvalue weighted by molar-refractivity contribution is -0.201. The normalized spacial score (nSPS) is 35.0. The molecule has 0 radical (unpaired) electrons. The topological polar surface area (TPSA) is 132 Å². The predicted octanol–water partition coefficient (Wildman–Crippen LogP) is 1.68. The minimum atomic E-state index is -4.37. The number of alkyl halides is 2. The van der Waals surface area contributed by atoms with Crippen LogP contribution in [0, 0.1) is 0 Å². The summed E-state index contributed by atoms with van der Waals surface area (Å²) in [4.78, 5) is 24.4. The van der Waals surface area contributed by atoms with E-state index in [4.69, 9.17) is 29.9 Å². The maximum atomic E-state index is 14.1. The summed E-state index contributed by atoms with van der Waals surface area (Å²) in [5, 5.41) is 20.4. The summed E-state index contributed by atoms with van der Waals surface area (Å²) in [6, 6.07) is 6.41. The number of para-hydroxylation sites is 1. The van der Waals surface area contributed by atoms with Gasteiger partial charge in [0.2, 0.25) is 5.91 Å². The maximum Gasteiger partial charge on any atom is 0.530 e. The third-order valence-electron chi connectivity index (χ3n) is 5.23. The van der Waals surface area contributed by atoms with Crippen LogP contribution in [0.25, 0.3) is 0 Å². The highest BCUT2D eigenvalue weighted by atomic mass is 35.5. The molecule has 14 heteroatoms. The highest BCUT2D eigenvalue weighted by molar-refractivity contribution is 7.49. The molecule has 0 aliphatic carbocycles. The van der Waals surface area contributed by atoms with Crippen LogP contribution in [0.5, 0.6) is 5.75 Å². The fraction of sp³-hybridized carbons (Fsp3) is 0.444. The van der Waals surface area contributed by atoms with Crippen LogP contribution in [0.4, 0.5) is 8.78 Å². The smallest absolute Gasteiger partial charge is 0.404 e. The molecule has 5 atom stereocenters. The molecule has 0 saturated carbocycles. The van der Waals surface area contributed by atoms with Crippen molar-refractivity contribution < 1.29 is 51.5 Å². The molecular weight excluding hydrogens is 479 g/mol. The summed E-state index contributed by atoms with van der Waals surface area (Å²) < 4.78 is 61.4. The Balaban J connectivity index is 1.55. The van der Waals surface area contributed by atoms with Gasteiger partial charge in [0.05, 0.1) is 19.6 Å². The zero-order chi connectivity index (χ0) is 23.3. The average Bonchev–Trinajstić information content (AvgIpc) is 3.01. The van der Waals surface area contributed by atoms with E-state index >= 15 is 0 Å². The van der Waals surface area contributed by atoms with Gasteiger partial charge in [0.15, 0.2) is 17.6 Å². The fourth-order valence-corrected chi connectivity index (χ4v) is 4.87. The molecule has 3 heterocycles. The van der Waals surface area contributed by atoms with Gasteiger partial charge in [0.25, 0.3) is 6.43 Å². The number of rotatable bonds is 5. The van der Waals surface area contributed by atoms with Crippen molar-refractivity contribution in [1.29, 1.82) is 0 Å². The number of carbonyl (C=O) groups excluding carboxylic acids is 2. The number of carbonyl (C=O) groups is 2. The Hall–Kier alpha value is -1.92. The fourth-order valence-electron chi connectivity index (χ4n) is 3.44. The lowest BCUT2D eigenvalue weighted by atomic mass is 9.96. The number of aliphatic hydroxyl groups is 2. The Bertz CT molecular complexity index is 1020. The number of phosphoric ester groups is 1. The van der Waals surface area contributed by atoms with Crippen molar-refractivity contribution in [3.8, 4) is 5.75 Å². The summed E-state index contributed by atoms with van der Waals surface area (Å²) in [6.07, 6.45) is -9.42. The Morgan fingerprint density at radius 1 is 1.31 bits per heavy atom. The van der Waals surface area contributed by atoms with Crippen molar-refractivity contribution in [2.24, 2.45) is 0 Å². The first-order chi connectivity index (χ1) is 15.1. The molecule has 3 aliphatic heterocycles. The van der Waals surface area contributed by atoms with Gasteiger partial charge in [-0.25, -0.2) is 13.3 Å². The lowest BCUT2D eigenvalue weighted by Crippen LogP contribution is -2.52. The van der Waals surface area contributed by atoms with Gasteiger partial charge >= 0.3 is 7.82 Å². The molecule has 0 aromatic heterocycles. The molecule has 2 N–H and O–H groups in total. The number of aliphatic hydroxyl groups excluding tert-OH is 2. The van der Waals surface area contributed by atoms with Gasteiger partial charge in [-0.2, -0.15) is 0 Å². The number of hydrogen-bond acceptors (Lipinski definition) is 9. The number of hydrogen-bond donors (Lipinski definition) is 2. The van der Waals surface area contributed by atoms with E-state index in [1.54, 1.807) is 18.2 Å². The van der Waals surface area contributed by atoms with Crippen LogP contribution in [0.3, 0.4) is 0 Å². The minimum absolute atomic E-state index is 0.169. The number of fused-ring (bicyclic) bond motifs is 1. The van der Waals surface area contributed by atoms with Crippen LogP contribution < -0.4 is 4.52 Å². The molecule has 1 unspecified atom stereocenters. The molecule has 1 fully saturated rings. The largest absolute Gasteiger partial charge is 0.530 e. The number of ether oxygens (including phenoxy) is 1. The van der Waals surface area contributed by atoms with E-state index in [0.29, 0.717) is 10.5 Å². The van der Waals surface area contributed by atoms with Gasteiger partial charge in [-0.1, -0.05) is 29.8 Å². The monoisotopic (exact) mass is 495 g/mol. The highest BCUT2D eigenvalue weighted by Crippen LogP contribution is 2.55. The third kappa shape index (κ3) is 3.96. The number of allylic oxidation sites excluding steroid dienone is 1. The molecule has 3 aliphatic rings. The first-order valence-electron chi connectivity index (χ1n) is 9.27. The van der Waals surface area contributed by atoms with Crippen molar-refractivity contribution in [3.63, 3.8) is 0 Å². The number of amides is 1. The molecule has 10 nitrogen and oxygen atoms in total. The van der Waals surface area contributed by atoms with Crippen LogP contribution in [-0.4, -0.2) is 63.9 Å². The van der Waals surface area contributed by atoms with E-state index in [1.165, 1.54) is 6.07 Å². The number of nitrogens with zero attached hydrogens (tertiary/aromatic N) is 1. The summed E-state index contributed by atoms with van der Waals surface area (Å²) >= 11 is 5.72. The second kappa shape index (κ2) is 8.45. The van der Waals surface area contributed by atoms with E-state index in [0.717, 1.165) is 6.20 Å². The van der Waals surface area contributed by atoms with Crippen molar-refractivity contribution in [1.82, 2.24) is 4.90 Å². The molecular formula is C18H17ClF2NO9P. The molecule has 174 valence electrons. The summed E-state index contributed by atoms with van der Waals surface area (Å²) in [5.41, 5.74) is -2.34. The van der Waals surface area contributed by atoms with Crippen molar-refractivity contribution >= 4 is 31.1 Å². The van der Waals surface area contributed by atoms with Crippen molar-refractivity contribution in [2.75, 3.05) is 6.61 Å². The molecule has 1 amide bonds. The van der Waals surface area contributed by atoms with Gasteiger partial charge in [-0.15, -0.1) is 0 Å². The Morgan fingerprint density at radius 2 is 2.03 bits per heavy atom. The Kier molecular flexibility index (Phi) is 6.14. The highest BCUT2D eigenvalue weighted by Gasteiger charge is 2.63. The first kappa shape index (κ1) is 23.2. The van der Waals surface area contributed by atoms with Crippen molar-refractivity contribution in [3.05, 3.63) is 41.1 Å². The molecule has 1 aromatic rings. The minimum Gasteiger partial charge on any atom is -0.404 e. The predicted molar refractivity (Wildman–Crippen MR) is 101 cm³/mol. The van der Waals surface area contributed by atoms with Gasteiger partial charge < -0.3 is 19.5 Å². The Morgan fingerprint density at radius 3 is 2.75 bits per heavy atom. The number of phosphoric acid groups is 1. The van der Waals surface area contributed by atoms with Gasteiger partial charge in [0.1, 0.15) is 23.0 Å². The van der Waals surface area contributed by atoms with Crippen LogP contribution in [0.2, 0.25) is 0 Å². The quantitative estimate of drug-likeness (QED) is 0.462. The number of Topliss-reactive ketones (excluding diaryl/α,β-unsaturated/α-hetero) is 1. The molecule has 0 spiro atoms. The van der Waals surface area contributed by atoms with Crippen LogP contribution in [0.15, 0.2) is 35.5 Å². The summed E-state index contributed by atoms with van der Waals surface area (Å²) in [7, 11) is -4.37. The lowest BCUT2D eigenvalue weighted by Gasteiger charge is -2.34. The van der Waals surface area contributed by atoms with Gasteiger partial charge in [-0.05, 0) is 6.07 Å². The van der Waals surface area contributed by atoms with Gasteiger partial charge in [0, 0.05) is 11.8 Å². The standard InChI is InChI=1S/C18H17ClF2NO9P/c19-10-6-22(13(24)5-11(10)23)16-14(25)15(26)18(30-16,17(20)21)8-29-32(27)28-7-9-3-1-2-4-12(9)31-32/h1-4,6,14-17,25-26H,5,7-8H2/t14-,15-,16+,18+,32?/m0/s1. The van der Waals surface area contributed by atoms with E-state index in [9.17, 15) is 33.1 Å². The zero-order valence-electron chi connectivity index (χ0n) is 16.1.